The number of benzene rings is 1. The Kier molecular flexibility index (Phi) is 7.62. The van der Waals surface area contributed by atoms with E-state index >= 15 is 0 Å². The van der Waals surface area contributed by atoms with Crippen molar-refractivity contribution in [1.82, 2.24) is 20.0 Å². The lowest BCUT2D eigenvalue weighted by molar-refractivity contribution is -0.120. The number of aromatic nitrogens is 3. The third-order valence-electron chi connectivity index (χ3n) is 5.74. The fourth-order valence-corrected chi connectivity index (χ4v) is 4.08. The van der Waals surface area contributed by atoms with E-state index in [-0.39, 0.29) is 18.2 Å². The van der Waals surface area contributed by atoms with Gasteiger partial charge in [0.2, 0.25) is 11.8 Å². The van der Waals surface area contributed by atoms with Crippen molar-refractivity contribution in [3.05, 3.63) is 82.1 Å². The van der Waals surface area contributed by atoms with Crippen molar-refractivity contribution in [3.63, 3.8) is 0 Å². The molecule has 3 aromatic rings. The SMILES string of the molecule is Cc1nc(C2(C(=O)Nc3cc(OCCN(C)C)c(Br)cn3)C=CC(c3ccccc3C#N)=CC2)no1. The van der Waals surface area contributed by atoms with Crippen molar-refractivity contribution in [2.45, 2.75) is 18.8 Å². The molecule has 2 heterocycles. The summed E-state index contributed by atoms with van der Waals surface area (Å²) in [6.07, 6.45) is 7.33. The molecular weight excluding hydrogens is 524 g/mol. The van der Waals surface area contributed by atoms with Gasteiger partial charge in [-0.2, -0.15) is 10.2 Å². The summed E-state index contributed by atoms with van der Waals surface area (Å²) >= 11 is 3.44. The van der Waals surface area contributed by atoms with E-state index in [1.807, 2.05) is 49.3 Å². The van der Waals surface area contributed by atoms with Crippen LogP contribution in [0.2, 0.25) is 0 Å². The molecule has 1 aromatic carbocycles. The number of anilines is 1. The maximum Gasteiger partial charge on any atom is 0.243 e. The number of hydrogen-bond donors (Lipinski definition) is 1. The first-order chi connectivity index (χ1) is 17.3. The molecule has 1 N–H and O–H groups in total. The lowest BCUT2D eigenvalue weighted by Crippen LogP contribution is -2.40. The minimum atomic E-state index is -1.22. The lowest BCUT2D eigenvalue weighted by atomic mass is 9.77. The summed E-state index contributed by atoms with van der Waals surface area (Å²) in [6.45, 7) is 2.90. The number of carbonyl (C=O) groups is 1. The first kappa shape index (κ1) is 25.3. The summed E-state index contributed by atoms with van der Waals surface area (Å²) in [7, 11) is 3.93. The van der Waals surface area contributed by atoms with Gasteiger partial charge in [0.25, 0.3) is 0 Å². The van der Waals surface area contributed by atoms with E-state index in [9.17, 15) is 10.1 Å². The van der Waals surface area contributed by atoms with Crippen molar-refractivity contribution in [2.75, 3.05) is 32.6 Å². The van der Waals surface area contributed by atoms with Crippen molar-refractivity contribution in [1.29, 1.82) is 5.26 Å². The number of pyridine rings is 1. The average molecular weight is 549 g/mol. The monoisotopic (exact) mass is 548 g/mol. The second-order valence-electron chi connectivity index (χ2n) is 8.57. The molecule has 1 atom stereocenters. The molecule has 1 aliphatic rings. The maximum atomic E-state index is 13.7. The Hall–Kier alpha value is -3.81. The number of nitrogens with one attached hydrogen (secondary N) is 1. The largest absolute Gasteiger partial charge is 0.491 e. The first-order valence-corrected chi connectivity index (χ1v) is 12.1. The number of aryl methyl sites for hydroxylation is 1. The van der Waals surface area contributed by atoms with Crippen LogP contribution in [0, 0.1) is 18.3 Å². The van der Waals surface area contributed by atoms with Crippen molar-refractivity contribution < 1.29 is 14.1 Å². The van der Waals surface area contributed by atoms with Crippen molar-refractivity contribution >= 4 is 33.2 Å². The van der Waals surface area contributed by atoms with Crippen LogP contribution in [0.3, 0.4) is 0 Å². The number of halogens is 1. The van der Waals surface area contributed by atoms with Crippen molar-refractivity contribution in [2.24, 2.45) is 0 Å². The smallest absolute Gasteiger partial charge is 0.243 e. The molecule has 0 bridgehead atoms. The van der Waals surface area contributed by atoms with E-state index in [1.165, 1.54) is 0 Å². The molecule has 0 saturated heterocycles. The molecule has 0 spiro atoms. The van der Waals surface area contributed by atoms with E-state index in [2.05, 4.69) is 42.4 Å². The molecule has 1 amide bonds. The molecule has 184 valence electrons. The molecule has 1 aliphatic carbocycles. The molecular formula is C26H25BrN6O3. The molecule has 0 fully saturated rings. The highest BCUT2D eigenvalue weighted by Crippen LogP contribution is 2.37. The zero-order valence-electron chi connectivity index (χ0n) is 20.2. The van der Waals surface area contributed by atoms with Crippen LogP contribution in [0.4, 0.5) is 5.82 Å². The van der Waals surface area contributed by atoms with Crippen LogP contribution < -0.4 is 10.1 Å². The Morgan fingerprint density at radius 3 is 2.83 bits per heavy atom. The van der Waals surface area contributed by atoms with Crippen LogP contribution in [0.25, 0.3) is 5.57 Å². The Balaban J connectivity index is 1.62. The molecule has 2 aromatic heterocycles. The number of nitrogens with zero attached hydrogens (tertiary/aromatic N) is 5. The summed E-state index contributed by atoms with van der Waals surface area (Å²) in [5.74, 6) is 1.14. The predicted octanol–water partition coefficient (Wildman–Crippen LogP) is 4.27. The van der Waals surface area contributed by atoms with Crippen LogP contribution in [-0.4, -0.2) is 53.2 Å². The highest BCUT2D eigenvalue weighted by Gasteiger charge is 2.43. The number of nitriles is 1. The van der Waals surface area contributed by atoms with Crippen LogP contribution >= 0.6 is 15.9 Å². The molecule has 9 nitrogen and oxygen atoms in total. The van der Waals surface area contributed by atoms with Gasteiger partial charge in [-0.1, -0.05) is 41.6 Å². The van der Waals surface area contributed by atoms with Gasteiger partial charge in [-0.05, 0) is 53.6 Å². The Morgan fingerprint density at radius 1 is 1.36 bits per heavy atom. The van der Waals surface area contributed by atoms with Gasteiger partial charge < -0.3 is 19.5 Å². The highest BCUT2D eigenvalue weighted by atomic mass is 79.9. The predicted molar refractivity (Wildman–Crippen MR) is 138 cm³/mol. The van der Waals surface area contributed by atoms with E-state index in [4.69, 9.17) is 9.26 Å². The normalized spacial score (nSPS) is 16.9. The van der Waals surface area contributed by atoms with E-state index in [1.54, 1.807) is 31.3 Å². The molecule has 0 aliphatic heterocycles. The van der Waals surface area contributed by atoms with Crippen LogP contribution in [0.1, 0.15) is 29.3 Å². The fraction of sp³-hybridized carbons (Fsp3) is 0.269. The minimum Gasteiger partial charge on any atom is -0.491 e. The number of carbonyl (C=O) groups excluding carboxylic acids is 1. The molecule has 10 heteroatoms. The Labute approximate surface area is 217 Å². The number of ether oxygens (including phenoxy) is 1. The van der Waals surface area contributed by atoms with Gasteiger partial charge in [-0.15, -0.1) is 0 Å². The third-order valence-corrected chi connectivity index (χ3v) is 6.34. The summed E-state index contributed by atoms with van der Waals surface area (Å²) in [5.41, 5.74) is 0.975. The molecule has 1 unspecified atom stereocenters. The van der Waals surface area contributed by atoms with Gasteiger partial charge in [0, 0.05) is 25.7 Å². The second-order valence-corrected chi connectivity index (χ2v) is 9.42. The molecule has 0 radical (unpaired) electrons. The molecule has 4 rings (SSSR count). The first-order valence-electron chi connectivity index (χ1n) is 11.3. The zero-order chi connectivity index (χ0) is 25.7. The number of amides is 1. The Bertz CT molecular complexity index is 1370. The molecule has 36 heavy (non-hydrogen) atoms. The van der Waals surface area contributed by atoms with E-state index in [0.29, 0.717) is 34.1 Å². The number of hydrogen-bond acceptors (Lipinski definition) is 8. The standard InChI is InChI=1S/C26H25BrN6O3/c1-17-30-24(32-36-17)26(10-8-18(9-11-26)20-7-5-4-6-19(20)15-28)25(34)31-23-14-22(21(27)16-29-23)35-13-12-33(2)3/h4-10,14,16H,11-13H2,1-3H3,(H,29,31,34). The van der Waals surface area contributed by atoms with Gasteiger partial charge >= 0.3 is 0 Å². The summed E-state index contributed by atoms with van der Waals surface area (Å²) in [4.78, 5) is 24.4. The second kappa shape index (κ2) is 10.8. The minimum absolute atomic E-state index is 0.247. The van der Waals surface area contributed by atoms with Crippen LogP contribution in [0.5, 0.6) is 5.75 Å². The lowest BCUT2D eigenvalue weighted by Gasteiger charge is -2.28. The summed E-state index contributed by atoms with van der Waals surface area (Å²) in [5, 5.41) is 16.4. The summed E-state index contributed by atoms with van der Waals surface area (Å²) < 4.78 is 11.7. The quantitative estimate of drug-likeness (QED) is 0.443. The van der Waals surface area contributed by atoms with Gasteiger partial charge in [0.05, 0.1) is 16.1 Å². The van der Waals surface area contributed by atoms with Gasteiger partial charge in [-0.25, -0.2) is 4.98 Å². The number of rotatable bonds is 8. The molecule has 0 saturated carbocycles. The van der Waals surface area contributed by atoms with E-state index < -0.39 is 5.41 Å². The third kappa shape index (κ3) is 5.37. The van der Waals surface area contributed by atoms with Crippen molar-refractivity contribution in [3.8, 4) is 11.8 Å². The average Bonchev–Trinajstić information content (AvgIpc) is 3.32. The number of likely N-dealkylation sites (N-methyl/N-ethyl adjacent to an activating group) is 1. The maximum absolute atomic E-state index is 13.7. The fourth-order valence-electron chi connectivity index (χ4n) is 3.75. The topological polar surface area (TPSA) is 117 Å². The van der Waals surface area contributed by atoms with Crippen LogP contribution in [-0.2, 0) is 10.2 Å². The van der Waals surface area contributed by atoms with Gasteiger partial charge in [0.1, 0.15) is 23.6 Å². The zero-order valence-corrected chi connectivity index (χ0v) is 21.7. The van der Waals surface area contributed by atoms with E-state index in [0.717, 1.165) is 17.7 Å². The van der Waals surface area contributed by atoms with Crippen LogP contribution in [0.15, 0.2) is 63.8 Å². The summed E-state index contributed by atoms with van der Waals surface area (Å²) in [6, 6.07) is 11.2. The highest BCUT2D eigenvalue weighted by molar-refractivity contribution is 9.10. The van der Waals surface area contributed by atoms with Gasteiger partial charge in [-0.3, -0.25) is 4.79 Å². The number of allylic oxidation sites excluding steroid dienone is 3. The Morgan fingerprint density at radius 2 is 2.17 bits per heavy atom. The van der Waals surface area contributed by atoms with Gasteiger partial charge in [0.15, 0.2) is 5.82 Å².